The van der Waals surface area contributed by atoms with Gasteiger partial charge >= 0.3 is 6.18 Å². The molecule has 0 radical (unpaired) electrons. The number of ether oxygens (including phenoxy) is 1. The summed E-state index contributed by atoms with van der Waals surface area (Å²) in [5, 5.41) is 0. The summed E-state index contributed by atoms with van der Waals surface area (Å²) in [5.74, 6) is -4.36. The molecule has 35 heavy (non-hydrogen) atoms. The quantitative estimate of drug-likeness (QED) is 0.590. The van der Waals surface area contributed by atoms with Crippen molar-refractivity contribution in [2.45, 2.75) is 41.1 Å². The molecule has 2 aromatic rings. The average molecular weight is 538 g/mol. The van der Waals surface area contributed by atoms with E-state index in [1.165, 1.54) is 0 Å². The first-order valence-electron chi connectivity index (χ1n) is 10.8. The highest BCUT2D eigenvalue weighted by atomic mass is 32.2. The van der Waals surface area contributed by atoms with Crippen LogP contribution < -0.4 is 9.46 Å². The molecule has 1 saturated heterocycles. The molecular weight excluding hydrogens is 517 g/mol. The molecule has 13 heteroatoms. The summed E-state index contributed by atoms with van der Waals surface area (Å²) >= 11 is 0. The molecule has 5 rings (SSSR count). The van der Waals surface area contributed by atoms with Gasteiger partial charge in [-0.2, -0.15) is 13.2 Å². The maximum atomic E-state index is 15.3. The zero-order chi connectivity index (χ0) is 25.4. The van der Waals surface area contributed by atoms with Gasteiger partial charge in [-0.3, -0.25) is 0 Å². The van der Waals surface area contributed by atoms with E-state index in [-0.39, 0.29) is 31.6 Å². The molecule has 0 aromatic heterocycles. The van der Waals surface area contributed by atoms with E-state index >= 15 is 4.39 Å². The lowest BCUT2D eigenvalue weighted by atomic mass is 9.64. The van der Waals surface area contributed by atoms with Gasteiger partial charge in [-0.05, 0) is 61.6 Å². The van der Waals surface area contributed by atoms with Crippen molar-refractivity contribution in [1.29, 1.82) is 0 Å². The number of benzene rings is 2. The van der Waals surface area contributed by atoms with Crippen LogP contribution in [-0.4, -0.2) is 35.2 Å². The third-order valence-electron chi connectivity index (χ3n) is 7.37. The molecule has 190 valence electrons. The first-order valence-corrected chi connectivity index (χ1v) is 13.9. The molecule has 6 nitrogen and oxygen atoms in total. The van der Waals surface area contributed by atoms with Gasteiger partial charge in [-0.1, -0.05) is 0 Å². The lowest BCUT2D eigenvalue weighted by Gasteiger charge is -2.54. The number of hydrogen-bond donors (Lipinski definition) is 1. The Morgan fingerprint density at radius 1 is 1.00 bits per heavy atom. The molecule has 1 N–H and O–H groups in total. The van der Waals surface area contributed by atoms with Crippen LogP contribution in [0.3, 0.4) is 0 Å². The minimum absolute atomic E-state index is 0.00958. The summed E-state index contributed by atoms with van der Waals surface area (Å²) < 4.78 is 128. The van der Waals surface area contributed by atoms with Crippen molar-refractivity contribution >= 4 is 19.9 Å². The van der Waals surface area contributed by atoms with Crippen LogP contribution in [0.5, 0.6) is 5.75 Å². The molecule has 3 aliphatic rings. The molecule has 1 saturated carbocycles. The molecule has 2 aliphatic heterocycles. The Morgan fingerprint density at radius 2 is 1.66 bits per heavy atom. The Hall–Kier alpha value is -2.25. The Labute approximate surface area is 198 Å². The van der Waals surface area contributed by atoms with Gasteiger partial charge in [0, 0.05) is 12.0 Å². The summed E-state index contributed by atoms with van der Waals surface area (Å²) in [6.45, 7) is -0.323. The van der Waals surface area contributed by atoms with E-state index < -0.39 is 82.1 Å². The second-order valence-corrected chi connectivity index (χ2v) is 13.2. The molecule has 2 fully saturated rings. The maximum Gasteiger partial charge on any atom is 0.416 e. The fourth-order valence-electron chi connectivity index (χ4n) is 5.84. The number of halogens is 5. The lowest BCUT2D eigenvalue weighted by molar-refractivity contribution is -0.137. The first-order chi connectivity index (χ1) is 16.3. The third-order valence-corrected chi connectivity index (χ3v) is 11.4. The fraction of sp³-hybridized carbons (Fsp3) is 0.455. The molecular formula is C22H20F5NO5S2. The Morgan fingerprint density at radius 3 is 2.31 bits per heavy atom. The van der Waals surface area contributed by atoms with Crippen molar-refractivity contribution in [3.05, 3.63) is 59.2 Å². The van der Waals surface area contributed by atoms with Gasteiger partial charge in [0.25, 0.3) is 0 Å². The van der Waals surface area contributed by atoms with E-state index in [0.29, 0.717) is 12.1 Å². The van der Waals surface area contributed by atoms with E-state index in [1.807, 2.05) is 0 Å². The highest BCUT2D eigenvalue weighted by Gasteiger charge is 2.63. The van der Waals surface area contributed by atoms with Gasteiger partial charge in [-0.15, -0.1) is 0 Å². The van der Waals surface area contributed by atoms with Crippen LogP contribution in [0.4, 0.5) is 22.0 Å². The topological polar surface area (TPSA) is 89.5 Å². The Balaban J connectivity index is 1.72. The summed E-state index contributed by atoms with van der Waals surface area (Å²) in [6.07, 6.45) is -4.89. The van der Waals surface area contributed by atoms with Crippen LogP contribution in [0.1, 0.15) is 30.4 Å². The summed E-state index contributed by atoms with van der Waals surface area (Å²) in [5.41, 5.74) is -1.55. The van der Waals surface area contributed by atoms with Gasteiger partial charge in [-0.25, -0.2) is 30.3 Å². The first kappa shape index (κ1) is 24.4. The third kappa shape index (κ3) is 3.65. The van der Waals surface area contributed by atoms with Gasteiger partial charge in [0.15, 0.2) is 21.4 Å². The van der Waals surface area contributed by atoms with E-state index in [9.17, 15) is 34.4 Å². The molecule has 1 aliphatic carbocycles. The number of alkyl halides is 3. The van der Waals surface area contributed by atoms with Crippen molar-refractivity contribution in [1.82, 2.24) is 4.72 Å². The normalized spacial score (nSPS) is 29.9. The van der Waals surface area contributed by atoms with Crippen molar-refractivity contribution in [3.63, 3.8) is 0 Å². The van der Waals surface area contributed by atoms with Gasteiger partial charge in [0.1, 0.15) is 10.6 Å². The number of hydrogen-bond acceptors (Lipinski definition) is 5. The van der Waals surface area contributed by atoms with Crippen molar-refractivity contribution in [2.24, 2.45) is 11.8 Å². The van der Waals surface area contributed by atoms with Crippen molar-refractivity contribution in [2.75, 3.05) is 12.4 Å². The van der Waals surface area contributed by atoms with Crippen LogP contribution in [0.15, 0.2) is 41.3 Å². The van der Waals surface area contributed by atoms with E-state index in [0.717, 1.165) is 24.3 Å². The lowest BCUT2D eigenvalue weighted by Crippen LogP contribution is -2.62. The highest BCUT2D eigenvalue weighted by Crippen LogP contribution is 2.59. The zero-order valence-electron chi connectivity index (χ0n) is 18.0. The number of rotatable bonds is 2. The zero-order valence-corrected chi connectivity index (χ0v) is 19.6. The van der Waals surface area contributed by atoms with E-state index in [1.54, 1.807) is 0 Å². The Kier molecular flexibility index (Phi) is 5.50. The SMILES string of the molecule is O=S1(=O)CC[C@H]2[C@@H](CC[C@@]3(S(=O)(=O)c4ccc(C(F)(F)F)cc4)c4c(F)ccc(F)c4OC[C@@H]23)N1. The fourth-order valence-corrected chi connectivity index (χ4v) is 9.69. The van der Waals surface area contributed by atoms with Crippen LogP contribution in [0.2, 0.25) is 0 Å². The molecule has 0 amide bonds. The molecule has 4 atom stereocenters. The van der Waals surface area contributed by atoms with Crippen LogP contribution in [-0.2, 0) is 30.8 Å². The van der Waals surface area contributed by atoms with Crippen LogP contribution in [0.25, 0.3) is 0 Å². The predicted octanol–water partition coefficient (Wildman–Crippen LogP) is 3.76. The minimum atomic E-state index is -4.69. The van der Waals surface area contributed by atoms with Crippen molar-refractivity contribution in [3.8, 4) is 5.75 Å². The molecule has 0 bridgehead atoms. The number of sulfonamides is 1. The maximum absolute atomic E-state index is 15.3. The second kappa shape index (κ2) is 7.87. The smallest absolute Gasteiger partial charge is 0.416 e. The molecule has 0 unspecified atom stereocenters. The number of sulfone groups is 1. The molecule has 2 heterocycles. The standard InChI is InChI=1S/C22H20F5NO5S2/c23-16-5-6-17(24)20-19(16)21(35(31,32)13-3-1-12(2-4-13)22(25,26)27)9-7-18-14(15(21)11-33-20)8-10-34(29,30)28-18/h1-6,14-15,18,28H,7-11H2/t14-,15+,18-,21+/m1/s1. The van der Waals surface area contributed by atoms with Crippen LogP contribution >= 0.6 is 0 Å². The largest absolute Gasteiger partial charge is 0.490 e. The van der Waals surface area contributed by atoms with E-state index in [4.69, 9.17) is 4.74 Å². The number of nitrogens with one attached hydrogen (secondary N) is 1. The van der Waals surface area contributed by atoms with Gasteiger partial charge in [0.2, 0.25) is 10.0 Å². The predicted molar refractivity (Wildman–Crippen MR) is 114 cm³/mol. The van der Waals surface area contributed by atoms with Crippen LogP contribution in [0, 0.1) is 23.5 Å². The average Bonchev–Trinajstić information content (AvgIpc) is 2.79. The summed E-state index contributed by atoms with van der Waals surface area (Å²) in [4.78, 5) is -0.471. The molecule has 2 aromatic carbocycles. The highest BCUT2D eigenvalue weighted by molar-refractivity contribution is 7.92. The second-order valence-electron chi connectivity index (χ2n) is 9.10. The summed E-state index contributed by atoms with van der Waals surface area (Å²) in [7, 11) is -8.18. The minimum Gasteiger partial charge on any atom is -0.490 e. The summed E-state index contributed by atoms with van der Waals surface area (Å²) in [6, 6.07) is 3.85. The van der Waals surface area contributed by atoms with E-state index in [2.05, 4.69) is 4.72 Å². The molecule has 0 spiro atoms. The van der Waals surface area contributed by atoms with Gasteiger partial charge in [0.05, 0.1) is 28.4 Å². The number of fused-ring (bicyclic) bond motifs is 5. The Bertz CT molecular complexity index is 1390. The van der Waals surface area contributed by atoms with Crippen molar-refractivity contribution < 1.29 is 43.5 Å². The van der Waals surface area contributed by atoms with Gasteiger partial charge < -0.3 is 4.74 Å². The monoisotopic (exact) mass is 537 g/mol.